The monoisotopic (exact) mass is 517 g/mol. The number of pyridine rings is 1. The Balaban J connectivity index is 0.000000704. The summed E-state index contributed by atoms with van der Waals surface area (Å²) in [7, 11) is 3.26. The van der Waals surface area contributed by atoms with E-state index in [0.29, 0.717) is 5.56 Å². The Labute approximate surface area is 219 Å². The fourth-order valence-electron chi connectivity index (χ4n) is 2.30. The number of carbonyl (C=O) groups is 1. The van der Waals surface area contributed by atoms with Gasteiger partial charge in [0.2, 0.25) is 0 Å². The van der Waals surface area contributed by atoms with Gasteiger partial charge in [-0.3, -0.25) is 0 Å². The number of thioether (sulfide) groups is 1. The van der Waals surface area contributed by atoms with Crippen molar-refractivity contribution in [2.75, 3.05) is 6.26 Å². The van der Waals surface area contributed by atoms with Crippen molar-refractivity contribution in [2.24, 2.45) is 0 Å². The molecule has 0 saturated carbocycles. The van der Waals surface area contributed by atoms with E-state index in [0.717, 1.165) is 34.1 Å². The quantitative estimate of drug-likeness (QED) is 0.250. The van der Waals surface area contributed by atoms with Crippen molar-refractivity contribution in [3.63, 3.8) is 0 Å². The van der Waals surface area contributed by atoms with Crippen molar-refractivity contribution < 1.29 is 9.90 Å². The van der Waals surface area contributed by atoms with Crippen molar-refractivity contribution in [1.82, 2.24) is 4.98 Å². The molecule has 0 saturated heterocycles. The summed E-state index contributed by atoms with van der Waals surface area (Å²) < 4.78 is 0. The van der Waals surface area contributed by atoms with Crippen LogP contribution in [0.25, 0.3) is 0 Å². The molecular formula is C28H39NO2S3. The van der Waals surface area contributed by atoms with Gasteiger partial charge in [0.05, 0.1) is 5.56 Å². The van der Waals surface area contributed by atoms with Gasteiger partial charge in [0.15, 0.2) is 0 Å². The number of aromatic nitrogens is 1. The molecule has 0 atom stereocenters. The number of allylic oxidation sites excluding steroid dienone is 6. The van der Waals surface area contributed by atoms with E-state index in [1.807, 2.05) is 24.5 Å². The van der Waals surface area contributed by atoms with Crippen LogP contribution in [0.1, 0.15) is 68.9 Å². The van der Waals surface area contributed by atoms with E-state index < -0.39 is 5.97 Å². The van der Waals surface area contributed by atoms with Gasteiger partial charge >= 0.3 is 5.97 Å². The lowest BCUT2D eigenvalue weighted by Crippen LogP contribution is -1.99. The van der Waals surface area contributed by atoms with Crippen molar-refractivity contribution in [3.8, 4) is 0 Å². The summed E-state index contributed by atoms with van der Waals surface area (Å²) in [5, 5.41) is 10.1. The Bertz CT molecular complexity index is 890. The van der Waals surface area contributed by atoms with E-state index in [2.05, 4.69) is 76.0 Å². The van der Waals surface area contributed by atoms with E-state index in [4.69, 9.17) is 0 Å². The number of carboxylic acids is 1. The highest BCUT2D eigenvalue weighted by atomic mass is 33.1. The Morgan fingerprint density at radius 2 is 1.68 bits per heavy atom. The Morgan fingerprint density at radius 3 is 2.21 bits per heavy atom. The van der Waals surface area contributed by atoms with Gasteiger partial charge in [-0.2, -0.15) is 11.8 Å². The van der Waals surface area contributed by atoms with E-state index in [9.17, 15) is 9.90 Å². The average molecular weight is 518 g/mol. The van der Waals surface area contributed by atoms with Crippen LogP contribution in [0.15, 0.2) is 83.6 Å². The Kier molecular flexibility index (Phi) is 20.4. The lowest BCUT2D eigenvalue weighted by atomic mass is 10.1. The summed E-state index contributed by atoms with van der Waals surface area (Å²) in [6.07, 6.45) is 16.6. The third-order valence-electron chi connectivity index (χ3n) is 3.64. The zero-order valence-electron chi connectivity index (χ0n) is 21.3. The Hall–Kier alpha value is -1.89. The summed E-state index contributed by atoms with van der Waals surface area (Å²) >= 11 is 1.69. The van der Waals surface area contributed by atoms with Crippen LogP contribution in [0.5, 0.6) is 0 Å². The molecule has 34 heavy (non-hydrogen) atoms. The topological polar surface area (TPSA) is 50.2 Å². The van der Waals surface area contributed by atoms with Crippen LogP contribution in [0.4, 0.5) is 0 Å². The van der Waals surface area contributed by atoms with Crippen molar-refractivity contribution in [3.05, 3.63) is 95.2 Å². The minimum absolute atomic E-state index is 0.361. The first kappa shape index (κ1) is 32.1. The second-order valence-corrected chi connectivity index (χ2v) is 10.6. The number of rotatable bonds is 10. The third kappa shape index (κ3) is 17.6. The van der Waals surface area contributed by atoms with E-state index in [1.54, 1.807) is 51.7 Å². The SMILES string of the molecule is CC/C=C/C=C\C=C(C)C.CCC.CSCc1cc(CSSc2ccccn2)cc(C(=O)O)c1. The molecule has 0 aliphatic heterocycles. The lowest BCUT2D eigenvalue weighted by molar-refractivity contribution is 0.0696. The predicted octanol–water partition coefficient (Wildman–Crippen LogP) is 9.47. The molecule has 186 valence electrons. The molecule has 1 N–H and O–H groups in total. The zero-order valence-corrected chi connectivity index (χ0v) is 23.7. The molecule has 0 aliphatic rings. The first-order valence-corrected chi connectivity index (χ1v) is 15.1. The molecule has 1 aromatic carbocycles. The summed E-state index contributed by atoms with van der Waals surface area (Å²) in [6.45, 7) is 10.6. The maximum Gasteiger partial charge on any atom is 0.335 e. The van der Waals surface area contributed by atoms with E-state index in [-0.39, 0.29) is 0 Å². The zero-order chi connectivity index (χ0) is 25.6. The van der Waals surface area contributed by atoms with Crippen LogP contribution in [-0.4, -0.2) is 22.3 Å². The molecule has 3 nitrogen and oxygen atoms in total. The van der Waals surface area contributed by atoms with Gasteiger partial charge in [0.25, 0.3) is 0 Å². The summed E-state index contributed by atoms with van der Waals surface area (Å²) in [4.78, 5) is 15.4. The van der Waals surface area contributed by atoms with Gasteiger partial charge in [-0.1, -0.05) is 86.1 Å². The van der Waals surface area contributed by atoms with Crippen molar-refractivity contribution in [2.45, 2.75) is 64.0 Å². The molecule has 0 spiro atoms. The molecule has 0 amide bonds. The highest BCUT2D eigenvalue weighted by Gasteiger charge is 2.07. The highest BCUT2D eigenvalue weighted by Crippen LogP contribution is 2.32. The van der Waals surface area contributed by atoms with E-state index in [1.165, 1.54) is 12.0 Å². The van der Waals surface area contributed by atoms with Gasteiger partial charge < -0.3 is 5.11 Å². The molecule has 6 heteroatoms. The third-order valence-corrected chi connectivity index (χ3v) is 6.46. The highest BCUT2D eigenvalue weighted by molar-refractivity contribution is 8.76. The summed E-state index contributed by atoms with van der Waals surface area (Å²) in [6, 6.07) is 11.4. The number of hydrogen-bond donors (Lipinski definition) is 1. The largest absolute Gasteiger partial charge is 0.478 e. The maximum atomic E-state index is 11.2. The molecule has 1 heterocycles. The standard InChI is InChI=1S/C15H15NO2S3.C10H16.C3H8/c1-19-9-11-6-12(8-13(7-11)15(17)18)10-20-21-14-4-2-3-5-16-14;1-4-5-6-7-8-9-10(2)3;1-3-2/h2-8H,9-10H2,1H3,(H,17,18);5-9H,4H2,1-3H3;3H2,1-2H3/b;6-5+,8-7-;. The molecule has 2 aromatic rings. The molecule has 1 aromatic heterocycles. The van der Waals surface area contributed by atoms with E-state index >= 15 is 0 Å². The molecule has 0 radical (unpaired) electrons. The number of carboxylic acid groups (broad SMARTS) is 1. The van der Waals surface area contributed by atoms with Gasteiger partial charge in [-0.15, -0.1) is 0 Å². The normalized spacial score (nSPS) is 10.3. The van der Waals surface area contributed by atoms with Crippen molar-refractivity contribution in [1.29, 1.82) is 0 Å². The lowest BCUT2D eigenvalue weighted by Gasteiger charge is -2.07. The molecule has 0 fully saturated rings. The predicted molar refractivity (Wildman–Crippen MR) is 156 cm³/mol. The van der Waals surface area contributed by atoms with Crippen LogP contribution in [0.3, 0.4) is 0 Å². The average Bonchev–Trinajstić information content (AvgIpc) is 2.80. The van der Waals surface area contributed by atoms with Crippen LogP contribution in [0.2, 0.25) is 0 Å². The minimum Gasteiger partial charge on any atom is -0.478 e. The molecule has 2 rings (SSSR count). The fourth-order valence-corrected chi connectivity index (χ4v) is 4.76. The summed E-state index contributed by atoms with van der Waals surface area (Å²) in [5.41, 5.74) is 3.79. The van der Waals surface area contributed by atoms with Crippen LogP contribution in [-0.2, 0) is 11.5 Å². The minimum atomic E-state index is -0.874. The van der Waals surface area contributed by atoms with Gasteiger partial charge in [0.1, 0.15) is 5.03 Å². The molecule has 0 unspecified atom stereocenters. The van der Waals surface area contributed by atoms with Gasteiger partial charge in [0, 0.05) is 17.7 Å². The first-order chi connectivity index (χ1) is 16.4. The maximum absolute atomic E-state index is 11.2. The van der Waals surface area contributed by atoms with Gasteiger partial charge in [-0.25, -0.2) is 9.78 Å². The second-order valence-electron chi connectivity index (χ2n) is 7.46. The van der Waals surface area contributed by atoms with Crippen molar-refractivity contribution >= 4 is 39.3 Å². The molecule has 0 bridgehead atoms. The summed E-state index contributed by atoms with van der Waals surface area (Å²) in [5.74, 6) is 0.706. The fraction of sp³-hybridized carbons (Fsp3) is 0.357. The smallest absolute Gasteiger partial charge is 0.335 e. The number of benzene rings is 1. The van der Waals surface area contributed by atoms with Crippen LogP contribution in [0, 0.1) is 0 Å². The Morgan fingerprint density at radius 1 is 1.00 bits per heavy atom. The number of hydrogen-bond acceptors (Lipinski definition) is 5. The second kappa shape index (κ2) is 21.6. The first-order valence-electron chi connectivity index (χ1n) is 11.4. The number of nitrogens with zero attached hydrogens (tertiary/aromatic N) is 1. The van der Waals surface area contributed by atoms with Crippen LogP contribution < -0.4 is 0 Å². The number of aromatic carboxylic acids is 1. The molecule has 0 aliphatic carbocycles. The molecular weight excluding hydrogens is 479 g/mol. The van der Waals surface area contributed by atoms with Crippen LogP contribution >= 0.6 is 33.3 Å². The van der Waals surface area contributed by atoms with Gasteiger partial charge in [-0.05, 0) is 72.7 Å².